The molecule has 122 valence electrons. The third-order valence-electron chi connectivity index (χ3n) is 3.70. The van der Waals surface area contributed by atoms with E-state index in [1.165, 1.54) is 12.8 Å². The first kappa shape index (κ1) is 14.9. The Morgan fingerprint density at radius 2 is 1.52 bits per heavy atom. The van der Waals surface area contributed by atoms with E-state index in [0.29, 0.717) is 22.8 Å². The molecule has 0 unspecified atom stereocenters. The maximum absolute atomic E-state index is 12.4. The lowest BCUT2D eigenvalue weighted by molar-refractivity contribution is 0.102. The molecule has 0 bridgehead atoms. The van der Waals surface area contributed by atoms with Crippen LogP contribution in [0.5, 0.6) is 0 Å². The summed E-state index contributed by atoms with van der Waals surface area (Å²) in [5.41, 5.74) is 2.93. The number of oxazole rings is 2. The summed E-state index contributed by atoms with van der Waals surface area (Å²) in [5.74, 6) is 1.11. The highest BCUT2D eigenvalue weighted by molar-refractivity contribution is 6.04. The smallest absolute Gasteiger partial charge is 0.255 e. The highest BCUT2D eigenvalue weighted by Crippen LogP contribution is 2.23. The molecule has 6 heteroatoms. The van der Waals surface area contributed by atoms with Crippen molar-refractivity contribution in [2.75, 3.05) is 5.32 Å². The maximum Gasteiger partial charge on any atom is 0.255 e. The first-order valence-electron chi connectivity index (χ1n) is 7.59. The van der Waals surface area contributed by atoms with Crippen LogP contribution in [0.25, 0.3) is 22.6 Å². The SMILES string of the molecule is O=C(Nc1cccc(-c2cnco2)c1)c1ccc(-c2cnco2)cc1. The molecule has 25 heavy (non-hydrogen) atoms. The van der Waals surface area contributed by atoms with Crippen LogP contribution in [0.15, 0.2) is 82.5 Å². The van der Waals surface area contributed by atoms with Gasteiger partial charge in [0.05, 0.1) is 12.4 Å². The number of aromatic nitrogens is 2. The minimum atomic E-state index is -0.196. The number of hydrogen-bond acceptors (Lipinski definition) is 5. The van der Waals surface area contributed by atoms with E-state index in [-0.39, 0.29) is 5.91 Å². The predicted octanol–water partition coefficient (Wildman–Crippen LogP) is 4.25. The van der Waals surface area contributed by atoms with Crippen molar-refractivity contribution >= 4 is 11.6 Å². The Bertz CT molecular complexity index is 975. The van der Waals surface area contributed by atoms with Gasteiger partial charge in [-0.05, 0) is 24.3 Å². The molecule has 0 atom stereocenters. The van der Waals surface area contributed by atoms with E-state index in [4.69, 9.17) is 8.83 Å². The highest BCUT2D eigenvalue weighted by atomic mass is 16.3. The fourth-order valence-electron chi connectivity index (χ4n) is 2.46. The second-order valence-corrected chi connectivity index (χ2v) is 5.34. The van der Waals surface area contributed by atoms with Crippen molar-refractivity contribution < 1.29 is 13.6 Å². The molecule has 0 spiro atoms. The van der Waals surface area contributed by atoms with Crippen molar-refractivity contribution in [1.29, 1.82) is 0 Å². The summed E-state index contributed by atoms with van der Waals surface area (Å²) in [5, 5.41) is 2.88. The van der Waals surface area contributed by atoms with E-state index in [1.54, 1.807) is 24.5 Å². The van der Waals surface area contributed by atoms with Crippen molar-refractivity contribution in [2.45, 2.75) is 0 Å². The maximum atomic E-state index is 12.4. The number of nitrogens with zero attached hydrogens (tertiary/aromatic N) is 2. The lowest BCUT2D eigenvalue weighted by Crippen LogP contribution is -2.11. The molecule has 2 aromatic heterocycles. The Balaban J connectivity index is 1.51. The van der Waals surface area contributed by atoms with Gasteiger partial charge in [0.25, 0.3) is 5.91 Å². The van der Waals surface area contributed by atoms with Crippen LogP contribution in [0.1, 0.15) is 10.4 Å². The summed E-state index contributed by atoms with van der Waals surface area (Å²) < 4.78 is 10.5. The minimum Gasteiger partial charge on any atom is -0.444 e. The van der Waals surface area contributed by atoms with Crippen LogP contribution in [-0.4, -0.2) is 15.9 Å². The molecule has 2 aromatic carbocycles. The van der Waals surface area contributed by atoms with Crippen molar-refractivity contribution in [3.63, 3.8) is 0 Å². The van der Waals surface area contributed by atoms with Crippen LogP contribution >= 0.6 is 0 Å². The molecule has 0 fully saturated rings. The number of carbonyl (C=O) groups is 1. The first-order valence-corrected chi connectivity index (χ1v) is 7.59. The van der Waals surface area contributed by atoms with Gasteiger partial charge in [0.15, 0.2) is 24.3 Å². The molecule has 0 aliphatic rings. The summed E-state index contributed by atoms with van der Waals surface area (Å²) in [7, 11) is 0. The van der Waals surface area contributed by atoms with Gasteiger partial charge in [-0.25, -0.2) is 9.97 Å². The van der Waals surface area contributed by atoms with Crippen LogP contribution in [0, 0.1) is 0 Å². The molecule has 4 aromatic rings. The summed E-state index contributed by atoms with van der Waals surface area (Å²) >= 11 is 0. The molecule has 0 saturated heterocycles. The molecular weight excluding hydrogens is 318 g/mol. The van der Waals surface area contributed by atoms with Gasteiger partial charge in [-0.2, -0.15) is 0 Å². The molecule has 1 amide bonds. The zero-order valence-corrected chi connectivity index (χ0v) is 13.0. The number of benzene rings is 2. The minimum absolute atomic E-state index is 0.196. The number of carbonyl (C=O) groups excluding carboxylic acids is 1. The average molecular weight is 331 g/mol. The Morgan fingerprint density at radius 3 is 2.16 bits per heavy atom. The molecule has 4 rings (SSSR count). The Hall–Kier alpha value is -3.67. The van der Waals surface area contributed by atoms with Crippen molar-refractivity contribution in [3.8, 4) is 22.6 Å². The van der Waals surface area contributed by atoms with Crippen LogP contribution in [0.4, 0.5) is 5.69 Å². The zero-order chi connectivity index (χ0) is 17.1. The molecule has 0 aliphatic carbocycles. The second-order valence-electron chi connectivity index (χ2n) is 5.34. The number of nitrogens with one attached hydrogen (secondary N) is 1. The Kier molecular flexibility index (Phi) is 3.84. The predicted molar refractivity (Wildman–Crippen MR) is 91.8 cm³/mol. The van der Waals surface area contributed by atoms with Gasteiger partial charge in [-0.15, -0.1) is 0 Å². The number of anilines is 1. The van der Waals surface area contributed by atoms with Crippen LogP contribution in [0.3, 0.4) is 0 Å². The molecule has 1 N–H and O–H groups in total. The fourth-order valence-corrected chi connectivity index (χ4v) is 2.46. The molecule has 0 saturated carbocycles. The van der Waals surface area contributed by atoms with Gasteiger partial charge < -0.3 is 14.2 Å². The third kappa shape index (κ3) is 3.18. The molecule has 6 nitrogen and oxygen atoms in total. The van der Waals surface area contributed by atoms with Gasteiger partial charge in [0.1, 0.15) is 0 Å². The van der Waals surface area contributed by atoms with E-state index < -0.39 is 0 Å². The average Bonchev–Trinajstić information content (AvgIpc) is 3.36. The molecular formula is C19H13N3O3. The van der Waals surface area contributed by atoms with Gasteiger partial charge in [0, 0.05) is 22.4 Å². The van der Waals surface area contributed by atoms with Crippen molar-refractivity contribution in [2.24, 2.45) is 0 Å². The normalized spacial score (nSPS) is 10.6. The van der Waals surface area contributed by atoms with E-state index in [0.717, 1.165) is 11.1 Å². The zero-order valence-electron chi connectivity index (χ0n) is 13.0. The quantitative estimate of drug-likeness (QED) is 0.604. The Labute approximate surface area is 143 Å². The lowest BCUT2D eigenvalue weighted by atomic mass is 10.1. The van der Waals surface area contributed by atoms with Gasteiger partial charge >= 0.3 is 0 Å². The van der Waals surface area contributed by atoms with E-state index in [9.17, 15) is 4.79 Å². The van der Waals surface area contributed by atoms with Crippen molar-refractivity contribution in [3.05, 3.63) is 79.3 Å². The molecule has 2 heterocycles. The van der Waals surface area contributed by atoms with Crippen molar-refractivity contribution in [1.82, 2.24) is 9.97 Å². The summed E-state index contributed by atoms with van der Waals surface area (Å²) in [6.07, 6.45) is 6.00. The summed E-state index contributed by atoms with van der Waals surface area (Å²) in [4.78, 5) is 20.2. The first-order chi connectivity index (χ1) is 12.3. The third-order valence-corrected chi connectivity index (χ3v) is 3.70. The standard InChI is InChI=1S/C19H13N3O3/c23-19(14-6-4-13(5-7-14)17-9-20-11-24-17)22-16-3-1-2-15(8-16)18-10-21-12-25-18/h1-12H,(H,22,23). The second kappa shape index (κ2) is 6.45. The van der Waals surface area contributed by atoms with Crippen LogP contribution in [0.2, 0.25) is 0 Å². The van der Waals surface area contributed by atoms with Gasteiger partial charge in [-0.1, -0.05) is 24.3 Å². The van der Waals surface area contributed by atoms with Gasteiger partial charge in [0.2, 0.25) is 0 Å². The molecule has 0 radical (unpaired) electrons. The van der Waals surface area contributed by atoms with E-state index in [2.05, 4.69) is 15.3 Å². The summed E-state index contributed by atoms with van der Waals surface area (Å²) in [6, 6.07) is 14.5. The van der Waals surface area contributed by atoms with Crippen LogP contribution in [-0.2, 0) is 0 Å². The number of amides is 1. The summed E-state index contributed by atoms with van der Waals surface area (Å²) in [6.45, 7) is 0. The number of hydrogen-bond donors (Lipinski definition) is 1. The highest BCUT2D eigenvalue weighted by Gasteiger charge is 2.09. The monoisotopic (exact) mass is 331 g/mol. The van der Waals surface area contributed by atoms with Crippen LogP contribution < -0.4 is 5.32 Å². The van der Waals surface area contributed by atoms with E-state index in [1.807, 2.05) is 36.4 Å². The van der Waals surface area contributed by atoms with E-state index >= 15 is 0 Å². The molecule has 0 aliphatic heterocycles. The van der Waals surface area contributed by atoms with Gasteiger partial charge in [-0.3, -0.25) is 4.79 Å². The Morgan fingerprint density at radius 1 is 0.840 bits per heavy atom. The fraction of sp³-hybridized carbons (Fsp3) is 0. The number of rotatable bonds is 4. The largest absolute Gasteiger partial charge is 0.444 e. The lowest BCUT2D eigenvalue weighted by Gasteiger charge is -2.07. The topological polar surface area (TPSA) is 81.2 Å².